The molecule has 0 spiro atoms. The van der Waals surface area contributed by atoms with Crippen LogP contribution in [0.5, 0.6) is 0 Å². The fraction of sp³-hybridized carbons (Fsp3) is 0.667. The Morgan fingerprint density at radius 1 is 1.17 bits per heavy atom. The summed E-state index contributed by atoms with van der Waals surface area (Å²) in [5, 5.41) is 12.4. The molecular weight excluding hydrogens is 420 g/mol. The third-order valence-electron chi connectivity index (χ3n) is 5.53. The van der Waals surface area contributed by atoms with Gasteiger partial charge < -0.3 is 4.74 Å². The highest BCUT2D eigenvalue weighted by Crippen LogP contribution is 2.42. The van der Waals surface area contributed by atoms with Crippen LogP contribution in [0.4, 0.5) is 0 Å². The van der Waals surface area contributed by atoms with Gasteiger partial charge in [-0.3, -0.25) is 0 Å². The molecule has 8 heteroatoms. The average Bonchev–Trinajstić information content (AvgIpc) is 3.26. The molecule has 0 saturated heterocycles. The van der Waals surface area contributed by atoms with Gasteiger partial charge in [0.25, 0.3) is 0 Å². The number of fused-ring (bicyclic) bond motifs is 5. The Labute approximate surface area is 185 Å². The molecule has 3 aromatic heterocycles. The Hall–Kier alpha value is -0.830. The fourth-order valence-electron chi connectivity index (χ4n) is 3.51. The first kappa shape index (κ1) is 21.4. The summed E-state index contributed by atoms with van der Waals surface area (Å²) in [5.41, 5.74) is 2.23. The largest absolute Gasteiger partial charge is 0.369 e. The van der Waals surface area contributed by atoms with Gasteiger partial charge in [-0.25, -0.2) is 9.38 Å². The molecule has 0 fully saturated rings. The van der Waals surface area contributed by atoms with Gasteiger partial charge in [0.1, 0.15) is 4.83 Å². The van der Waals surface area contributed by atoms with Gasteiger partial charge in [-0.1, -0.05) is 51.2 Å². The molecular formula is C21H30N4OS3. The van der Waals surface area contributed by atoms with Crippen LogP contribution in [0.2, 0.25) is 0 Å². The number of nitrogens with zero attached hydrogens (tertiary/aromatic N) is 4. The molecule has 158 valence electrons. The molecule has 0 radical (unpaired) electrons. The Balaban J connectivity index is 1.84. The summed E-state index contributed by atoms with van der Waals surface area (Å²) in [7, 11) is 0. The number of thiophene rings is 1. The van der Waals surface area contributed by atoms with Crippen molar-refractivity contribution >= 4 is 50.7 Å². The molecule has 0 amide bonds. The first-order chi connectivity index (χ1) is 14.0. The zero-order valence-electron chi connectivity index (χ0n) is 17.9. The Bertz CT molecular complexity index is 1010. The van der Waals surface area contributed by atoms with Crippen molar-refractivity contribution in [2.24, 2.45) is 5.92 Å². The van der Waals surface area contributed by atoms with Crippen LogP contribution in [0.1, 0.15) is 64.3 Å². The van der Waals surface area contributed by atoms with E-state index >= 15 is 0 Å². The maximum atomic E-state index is 6.19. The molecule has 0 aromatic carbocycles. The Morgan fingerprint density at radius 3 is 2.69 bits per heavy atom. The fourth-order valence-corrected chi connectivity index (χ4v) is 6.74. The van der Waals surface area contributed by atoms with E-state index in [0.717, 1.165) is 51.6 Å². The quantitative estimate of drug-likeness (QED) is 0.300. The average molecular weight is 451 g/mol. The van der Waals surface area contributed by atoms with Crippen molar-refractivity contribution in [3.63, 3.8) is 0 Å². The minimum absolute atomic E-state index is 0.109. The van der Waals surface area contributed by atoms with E-state index in [1.807, 2.05) is 11.8 Å². The van der Waals surface area contributed by atoms with E-state index in [0.29, 0.717) is 12.5 Å². The molecule has 0 saturated carbocycles. The lowest BCUT2D eigenvalue weighted by atomic mass is 9.90. The van der Waals surface area contributed by atoms with Crippen LogP contribution in [0.25, 0.3) is 15.9 Å². The minimum Gasteiger partial charge on any atom is -0.369 e. The van der Waals surface area contributed by atoms with E-state index in [-0.39, 0.29) is 5.60 Å². The lowest BCUT2D eigenvalue weighted by molar-refractivity contribution is -0.0542. The molecule has 0 aliphatic carbocycles. The summed E-state index contributed by atoms with van der Waals surface area (Å²) in [6.07, 6.45) is 4.21. The Kier molecular flexibility index (Phi) is 6.44. The van der Waals surface area contributed by atoms with Gasteiger partial charge in [-0.2, -0.15) is 0 Å². The van der Waals surface area contributed by atoms with Crippen LogP contribution in [0.15, 0.2) is 10.3 Å². The second-order valence-electron chi connectivity index (χ2n) is 8.37. The van der Waals surface area contributed by atoms with Gasteiger partial charge in [-0.05, 0) is 37.7 Å². The number of rotatable bonds is 8. The van der Waals surface area contributed by atoms with E-state index in [9.17, 15) is 0 Å². The van der Waals surface area contributed by atoms with Crippen LogP contribution in [0.3, 0.4) is 0 Å². The molecule has 1 aliphatic rings. The van der Waals surface area contributed by atoms with Crippen LogP contribution in [0, 0.1) is 5.92 Å². The topological polar surface area (TPSA) is 52.3 Å². The highest BCUT2D eigenvalue weighted by molar-refractivity contribution is 7.99. The third kappa shape index (κ3) is 4.18. The summed E-state index contributed by atoms with van der Waals surface area (Å²) in [6, 6.07) is 0. The van der Waals surface area contributed by atoms with Crippen LogP contribution >= 0.6 is 34.9 Å². The standard InChI is InChI=1S/C21H30N4OS3/c1-6-9-27-19-22-18-16(14-11-21(5,7-2)26-12-15(14)29-18)17-23-24-20(25(17)19)28-10-8-13(3)4/h13H,6-12H2,1-5H3/t21-/m0/s1. The molecule has 4 heterocycles. The van der Waals surface area contributed by atoms with Gasteiger partial charge in [0.15, 0.2) is 16.0 Å². The molecule has 29 heavy (non-hydrogen) atoms. The molecule has 4 rings (SSSR count). The zero-order valence-corrected chi connectivity index (χ0v) is 20.4. The predicted molar refractivity (Wildman–Crippen MR) is 125 cm³/mol. The van der Waals surface area contributed by atoms with E-state index in [1.54, 1.807) is 23.1 Å². The number of aromatic nitrogens is 4. The lowest BCUT2D eigenvalue weighted by Gasteiger charge is -2.33. The Morgan fingerprint density at radius 2 is 1.97 bits per heavy atom. The lowest BCUT2D eigenvalue weighted by Crippen LogP contribution is -2.33. The summed E-state index contributed by atoms with van der Waals surface area (Å²) < 4.78 is 8.40. The van der Waals surface area contributed by atoms with Crippen molar-refractivity contribution in [3.05, 3.63) is 10.4 Å². The van der Waals surface area contributed by atoms with Crippen molar-refractivity contribution in [2.45, 2.75) is 82.8 Å². The van der Waals surface area contributed by atoms with E-state index in [2.05, 4.69) is 49.2 Å². The summed E-state index contributed by atoms with van der Waals surface area (Å²) >= 11 is 5.37. The monoisotopic (exact) mass is 450 g/mol. The van der Waals surface area contributed by atoms with Gasteiger partial charge >= 0.3 is 0 Å². The molecule has 0 bridgehead atoms. The molecule has 1 atom stereocenters. The van der Waals surface area contributed by atoms with E-state index in [1.165, 1.54) is 22.2 Å². The predicted octanol–water partition coefficient (Wildman–Crippen LogP) is 6.22. The highest BCUT2D eigenvalue weighted by Gasteiger charge is 2.33. The maximum Gasteiger partial charge on any atom is 0.197 e. The smallest absolute Gasteiger partial charge is 0.197 e. The second-order valence-corrected chi connectivity index (χ2v) is 11.6. The molecule has 5 nitrogen and oxygen atoms in total. The molecule has 0 N–H and O–H groups in total. The van der Waals surface area contributed by atoms with Crippen LogP contribution < -0.4 is 0 Å². The maximum absolute atomic E-state index is 6.19. The van der Waals surface area contributed by atoms with E-state index < -0.39 is 0 Å². The van der Waals surface area contributed by atoms with Crippen molar-refractivity contribution in [1.29, 1.82) is 0 Å². The van der Waals surface area contributed by atoms with Crippen molar-refractivity contribution in [3.8, 4) is 0 Å². The van der Waals surface area contributed by atoms with Gasteiger partial charge in [-0.15, -0.1) is 21.5 Å². The summed E-state index contributed by atoms with van der Waals surface area (Å²) in [5.74, 6) is 2.79. The summed E-state index contributed by atoms with van der Waals surface area (Å²) in [6.45, 7) is 11.8. The van der Waals surface area contributed by atoms with E-state index in [4.69, 9.17) is 9.72 Å². The molecule has 0 unspecified atom stereocenters. The number of ether oxygens (including phenoxy) is 1. The van der Waals surface area contributed by atoms with Crippen molar-refractivity contribution < 1.29 is 4.74 Å². The van der Waals surface area contributed by atoms with Crippen LogP contribution in [-0.2, 0) is 17.8 Å². The number of thioether (sulfide) groups is 2. The van der Waals surface area contributed by atoms with Crippen molar-refractivity contribution in [1.82, 2.24) is 19.6 Å². The van der Waals surface area contributed by atoms with Gasteiger partial charge in [0, 0.05) is 22.8 Å². The third-order valence-corrected chi connectivity index (χ3v) is 8.74. The van der Waals surface area contributed by atoms with Crippen molar-refractivity contribution in [2.75, 3.05) is 11.5 Å². The second kappa shape index (κ2) is 8.73. The van der Waals surface area contributed by atoms with Gasteiger partial charge in [0.2, 0.25) is 0 Å². The summed E-state index contributed by atoms with van der Waals surface area (Å²) in [4.78, 5) is 7.47. The molecule has 1 aliphatic heterocycles. The first-order valence-electron chi connectivity index (χ1n) is 10.5. The minimum atomic E-state index is -0.109. The highest BCUT2D eigenvalue weighted by atomic mass is 32.2. The SMILES string of the molecule is CCCSc1nc2sc3c(c2c2nnc(SCCC(C)C)n12)C[C@](C)(CC)OC3. The van der Waals surface area contributed by atoms with Crippen LogP contribution in [-0.4, -0.2) is 36.7 Å². The van der Waals surface area contributed by atoms with Gasteiger partial charge in [0.05, 0.1) is 17.6 Å². The number of hydrogen-bond acceptors (Lipinski definition) is 7. The number of hydrogen-bond donors (Lipinski definition) is 0. The molecule has 3 aromatic rings. The first-order valence-corrected chi connectivity index (χ1v) is 13.3. The zero-order chi connectivity index (χ0) is 20.6. The normalized spacial score (nSPS) is 19.5.